The van der Waals surface area contributed by atoms with Crippen LogP contribution >= 0.6 is 0 Å². The topological polar surface area (TPSA) is 88.8 Å². The molecule has 3 aromatic rings. The predicted molar refractivity (Wildman–Crippen MR) is 133 cm³/mol. The number of hydrogen-bond acceptors (Lipinski definition) is 6. The number of benzene rings is 2. The van der Waals surface area contributed by atoms with Crippen LogP contribution in [0.4, 0.5) is 5.69 Å². The van der Waals surface area contributed by atoms with E-state index in [1.54, 1.807) is 12.0 Å². The third kappa shape index (κ3) is 5.88. The van der Waals surface area contributed by atoms with Crippen LogP contribution in [0.2, 0.25) is 0 Å². The lowest BCUT2D eigenvalue weighted by atomic mass is 9.97. The summed E-state index contributed by atoms with van der Waals surface area (Å²) in [6.45, 7) is 6.53. The molecule has 0 N–H and O–H groups in total. The van der Waals surface area contributed by atoms with Crippen LogP contribution in [0, 0.1) is 13.8 Å². The first-order chi connectivity index (χ1) is 17.0. The van der Waals surface area contributed by atoms with Gasteiger partial charge in [0.05, 0.1) is 7.11 Å². The van der Waals surface area contributed by atoms with Crippen molar-refractivity contribution in [1.82, 2.24) is 15.0 Å². The van der Waals surface area contributed by atoms with Gasteiger partial charge >= 0.3 is 0 Å². The minimum atomic E-state index is 0.230. The van der Waals surface area contributed by atoms with E-state index >= 15 is 0 Å². The van der Waals surface area contributed by atoms with Crippen molar-refractivity contribution in [3.8, 4) is 17.1 Å². The molecule has 0 radical (unpaired) electrons. The van der Waals surface area contributed by atoms with E-state index in [9.17, 15) is 9.59 Å². The van der Waals surface area contributed by atoms with Gasteiger partial charge in [-0.1, -0.05) is 23.4 Å². The molecule has 1 aromatic heterocycles. The Labute approximate surface area is 205 Å². The minimum absolute atomic E-state index is 0.230. The molecule has 2 fully saturated rings. The first-order valence-corrected chi connectivity index (χ1v) is 12.0. The molecule has 2 aromatic carbocycles. The lowest BCUT2D eigenvalue weighted by Gasteiger charge is -2.26. The summed E-state index contributed by atoms with van der Waals surface area (Å²) in [5, 5.41) is 4.05. The van der Waals surface area contributed by atoms with Gasteiger partial charge in [0.15, 0.2) is 0 Å². The summed E-state index contributed by atoms with van der Waals surface area (Å²) >= 11 is 0. The summed E-state index contributed by atoms with van der Waals surface area (Å²) in [4.78, 5) is 30.4. The van der Waals surface area contributed by atoms with Crippen LogP contribution in [0.15, 0.2) is 47.0 Å². The lowest BCUT2D eigenvalue weighted by molar-refractivity contribution is -0.119. The zero-order valence-corrected chi connectivity index (χ0v) is 20.6. The number of likely N-dealkylation sites (tertiary alicyclic amines) is 1. The average Bonchev–Trinajstić information content (AvgIpc) is 3.56. The van der Waals surface area contributed by atoms with Crippen molar-refractivity contribution in [3.63, 3.8) is 0 Å². The van der Waals surface area contributed by atoms with E-state index in [1.807, 2.05) is 35.2 Å². The molecular weight excluding hydrogens is 444 g/mol. The molecule has 2 aliphatic heterocycles. The van der Waals surface area contributed by atoms with E-state index in [4.69, 9.17) is 9.26 Å². The van der Waals surface area contributed by atoms with Gasteiger partial charge in [0.2, 0.25) is 24.0 Å². The number of piperidine rings is 1. The Morgan fingerprint density at radius 3 is 2.51 bits per heavy atom. The Morgan fingerprint density at radius 1 is 1.06 bits per heavy atom. The Balaban J connectivity index is 0.000000179. The molecule has 0 unspecified atom stereocenters. The normalized spacial score (nSPS) is 16.1. The molecule has 8 nitrogen and oxygen atoms in total. The standard InChI is InChI=1S/C15H17N3O3.C12H15NO/c1-20-13-4-2-3-12(9-13)14-16-15(21-17-14)11-5-7-18(10-19)8-6-11;1-9-5-6-11(8-10(9)2)13-7-3-4-12(13)14/h2-4,9-11H,5-8H2,1H3;5-6,8H,3-4,7H2,1-2H3. The van der Waals surface area contributed by atoms with Gasteiger partial charge in [-0.15, -0.1) is 0 Å². The van der Waals surface area contributed by atoms with Crippen molar-refractivity contribution in [1.29, 1.82) is 0 Å². The number of methoxy groups -OCH3 is 1. The number of aromatic nitrogens is 2. The highest BCUT2D eigenvalue weighted by Gasteiger charge is 2.25. The van der Waals surface area contributed by atoms with Crippen molar-refractivity contribution in [2.75, 3.05) is 31.6 Å². The fraction of sp³-hybridized carbons (Fsp3) is 0.407. The van der Waals surface area contributed by atoms with E-state index in [2.05, 4.69) is 36.1 Å². The zero-order valence-electron chi connectivity index (χ0n) is 20.6. The SMILES string of the molecule is COc1cccc(-c2noc(C3CCN(C=O)CC3)n2)c1.Cc1ccc(N2CCCC2=O)cc1C. The van der Waals surface area contributed by atoms with Gasteiger partial charge in [-0.3, -0.25) is 9.59 Å². The second-order valence-corrected chi connectivity index (χ2v) is 9.02. The molecule has 3 heterocycles. The number of amides is 2. The van der Waals surface area contributed by atoms with E-state index in [-0.39, 0.29) is 11.8 Å². The summed E-state index contributed by atoms with van der Waals surface area (Å²) in [6.07, 6.45) is 4.31. The highest BCUT2D eigenvalue weighted by molar-refractivity contribution is 5.95. The van der Waals surface area contributed by atoms with E-state index in [0.717, 1.165) is 62.3 Å². The second kappa shape index (κ2) is 11.2. The highest BCUT2D eigenvalue weighted by atomic mass is 16.5. The van der Waals surface area contributed by atoms with Gasteiger partial charge in [-0.2, -0.15) is 4.98 Å². The first kappa shape index (κ1) is 24.4. The van der Waals surface area contributed by atoms with E-state index < -0.39 is 0 Å². The molecule has 0 atom stereocenters. The Morgan fingerprint density at radius 2 is 1.86 bits per heavy atom. The zero-order chi connectivity index (χ0) is 24.8. The fourth-order valence-electron chi connectivity index (χ4n) is 4.35. The van der Waals surface area contributed by atoms with Gasteiger partial charge in [-0.05, 0) is 68.5 Å². The molecule has 2 saturated heterocycles. The first-order valence-electron chi connectivity index (χ1n) is 12.0. The van der Waals surface area contributed by atoms with Gasteiger partial charge in [0, 0.05) is 43.2 Å². The van der Waals surface area contributed by atoms with Gasteiger partial charge < -0.3 is 19.1 Å². The third-order valence-corrected chi connectivity index (χ3v) is 6.67. The molecule has 2 aliphatic rings. The van der Waals surface area contributed by atoms with Crippen LogP contribution in [0.5, 0.6) is 5.75 Å². The molecule has 2 amide bonds. The van der Waals surface area contributed by atoms with Crippen LogP contribution in [-0.2, 0) is 9.59 Å². The molecule has 0 saturated carbocycles. The van der Waals surface area contributed by atoms with Gasteiger partial charge in [0.25, 0.3) is 0 Å². The smallest absolute Gasteiger partial charge is 0.230 e. The van der Waals surface area contributed by atoms with Crippen molar-refractivity contribution >= 4 is 18.0 Å². The maximum atomic E-state index is 11.5. The minimum Gasteiger partial charge on any atom is -0.497 e. The Hall–Kier alpha value is -3.68. The average molecular weight is 477 g/mol. The molecule has 35 heavy (non-hydrogen) atoms. The maximum absolute atomic E-state index is 11.5. The van der Waals surface area contributed by atoms with Gasteiger partial charge in [-0.25, -0.2) is 0 Å². The van der Waals surface area contributed by atoms with Gasteiger partial charge in [0.1, 0.15) is 5.75 Å². The molecule has 5 rings (SSSR count). The number of rotatable bonds is 5. The summed E-state index contributed by atoms with van der Waals surface area (Å²) in [6, 6.07) is 13.8. The number of carbonyl (C=O) groups is 2. The van der Waals surface area contributed by atoms with Crippen LogP contribution in [-0.4, -0.2) is 54.1 Å². The summed E-state index contributed by atoms with van der Waals surface area (Å²) < 4.78 is 10.6. The highest BCUT2D eigenvalue weighted by Crippen LogP contribution is 2.29. The molecule has 8 heteroatoms. The van der Waals surface area contributed by atoms with Crippen molar-refractivity contribution < 1.29 is 18.8 Å². The van der Waals surface area contributed by atoms with Crippen molar-refractivity contribution in [3.05, 3.63) is 59.5 Å². The van der Waals surface area contributed by atoms with Crippen LogP contribution < -0.4 is 9.64 Å². The van der Waals surface area contributed by atoms with Crippen LogP contribution in [0.25, 0.3) is 11.4 Å². The monoisotopic (exact) mass is 476 g/mol. The van der Waals surface area contributed by atoms with E-state index in [1.165, 1.54) is 11.1 Å². The predicted octanol–water partition coefficient (Wildman–Crippen LogP) is 4.51. The third-order valence-electron chi connectivity index (χ3n) is 6.67. The number of nitrogens with zero attached hydrogens (tertiary/aromatic N) is 4. The van der Waals surface area contributed by atoms with E-state index in [0.29, 0.717) is 18.1 Å². The van der Waals surface area contributed by atoms with Crippen molar-refractivity contribution in [2.45, 2.75) is 45.4 Å². The number of carbonyl (C=O) groups excluding carboxylic acids is 2. The van der Waals surface area contributed by atoms with Crippen LogP contribution in [0.1, 0.15) is 48.6 Å². The van der Waals surface area contributed by atoms with Crippen LogP contribution in [0.3, 0.4) is 0 Å². The summed E-state index contributed by atoms with van der Waals surface area (Å²) in [5.41, 5.74) is 4.45. The molecular formula is C27H32N4O4. The largest absolute Gasteiger partial charge is 0.497 e. The lowest BCUT2D eigenvalue weighted by Crippen LogP contribution is -2.31. The van der Waals surface area contributed by atoms with Crippen molar-refractivity contribution in [2.24, 2.45) is 0 Å². The molecule has 184 valence electrons. The summed E-state index contributed by atoms with van der Waals surface area (Å²) in [5.74, 6) is 2.47. The number of ether oxygens (including phenoxy) is 1. The number of aryl methyl sites for hydroxylation is 2. The summed E-state index contributed by atoms with van der Waals surface area (Å²) in [7, 11) is 1.63. The quantitative estimate of drug-likeness (QED) is 0.504. The Kier molecular flexibility index (Phi) is 7.80. The number of hydrogen-bond donors (Lipinski definition) is 0. The fourth-order valence-corrected chi connectivity index (χ4v) is 4.35. The number of anilines is 1. The second-order valence-electron chi connectivity index (χ2n) is 9.02. The Bertz CT molecular complexity index is 1170. The molecule has 0 spiro atoms. The maximum Gasteiger partial charge on any atom is 0.230 e. The molecule has 0 aliphatic carbocycles. The molecule has 0 bridgehead atoms.